The number of aliphatic hydroxyl groups is 1. The van der Waals surface area contributed by atoms with Gasteiger partial charge in [-0.2, -0.15) is 0 Å². The van der Waals surface area contributed by atoms with E-state index in [2.05, 4.69) is 4.99 Å². The number of rotatable bonds is 5. The minimum Gasteiger partial charge on any atom is -0.392 e. The Labute approximate surface area is 146 Å². The molecule has 2 aromatic carbocycles. The summed E-state index contributed by atoms with van der Waals surface area (Å²) < 4.78 is 0. The van der Waals surface area contributed by atoms with E-state index < -0.39 is 0 Å². The third-order valence-electron chi connectivity index (χ3n) is 3.57. The van der Waals surface area contributed by atoms with Crippen LogP contribution in [0.25, 0.3) is 0 Å². The topological polar surface area (TPSA) is 56.1 Å². The summed E-state index contributed by atoms with van der Waals surface area (Å²) in [5, 5.41) is 9.85. The van der Waals surface area contributed by atoms with Crippen LogP contribution in [0.3, 0.4) is 0 Å². The molecule has 0 saturated carbocycles. The molecule has 0 spiro atoms. The monoisotopic (exact) mass is 345 g/mol. The van der Waals surface area contributed by atoms with Crippen LogP contribution in [0.1, 0.15) is 11.1 Å². The average molecular weight is 346 g/mol. The van der Waals surface area contributed by atoms with E-state index in [1.807, 2.05) is 25.1 Å². The van der Waals surface area contributed by atoms with Gasteiger partial charge in [-0.15, -0.1) is 0 Å². The van der Waals surface area contributed by atoms with Crippen molar-refractivity contribution in [1.29, 1.82) is 0 Å². The zero-order chi connectivity index (χ0) is 17.7. The summed E-state index contributed by atoms with van der Waals surface area (Å²) in [4.78, 5) is 19.5. The number of amides is 1. The Hall–Kier alpha value is -2.37. The van der Waals surface area contributed by atoms with E-state index >= 15 is 0 Å². The second-order valence-corrected chi connectivity index (χ2v) is 5.84. The average Bonchev–Trinajstić information content (AvgIpc) is 2.58. The molecule has 0 bridgehead atoms. The van der Waals surface area contributed by atoms with E-state index in [9.17, 15) is 9.90 Å². The van der Waals surface area contributed by atoms with Gasteiger partial charge in [-0.1, -0.05) is 23.7 Å². The molecule has 0 atom stereocenters. The molecule has 2 aromatic rings. The van der Waals surface area contributed by atoms with Crippen LogP contribution in [-0.2, 0) is 11.4 Å². The molecule has 1 amide bonds. The molecule has 0 aliphatic heterocycles. The lowest BCUT2D eigenvalue weighted by atomic mass is 10.1. The van der Waals surface area contributed by atoms with Crippen molar-refractivity contribution in [3.8, 4) is 0 Å². The maximum absolute atomic E-state index is 11.8. The molecule has 0 unspecified atom stereocenters. The number of aliphatic hydroxyl groups excluding tert-OH is 1. The lowest BCUT2D eigenvalue weighted by Crippen LogP contribution is -2.26. The standard InChI is InChI=1S/C18H20ClN3O2/c1-20-18(21(2)3)16-8-7-14(19)10-17(16)22(12-24)15-6-4-5-13(9-15)11-23/h4-10,12,23H,11H2,1-3H3/b20-18+. The smallest absolute Gasteiger partial charge is 0.218 e. The molecule has 0 aromatic heterocycles. The van der Waals surface area contributed by atoms with Crippen molar-refractivity contribution in [3.05, 3.63) is 58.6 Å². The van der Waals surface area contributed by atoms with Gasteiger partial charge < -0.3 is 10.0 Å². The molecule has 2 rings (SSSR count). The highest BCUT2D eigenvalue weighted by Gasteiger charge is 2.18. The zero-order valence-electron chi connectivity index (χ0n) is 13.9. The van der Waals surface area contributed by atoms with Gasteiger partial charge in [0.1, 0.15) is 5.84 Å². The fourth-order valence-electron chi connectivity index (χ4n) is 2.52. The van der Waals surface area contributed by atoms with Gasteiger partial charge in [0, 0.05) is 37.4 Å². The summed E-state index contributed by atoms with van der Waals surface area (Å²) in [5.41, 5.74) is 2.78. The van der Waals surface area contributed by atoms with Crippen molar-refractivity contribution < 1.29 is 9.90 Å². The lowest BCUT2D eigenvalue weighted by molar-refractivity contribution is -0.106. The van der Waals surface area contributed by atoms with Gasteiger partial charge >= 0.3 is 0 Å². The van der Waals surface area contributed by atoms with Gasteiger partial charge in [0.2, 0.25) is 6.41 Å². The Morgan fingerprint density at radius 1 is 1.25 bits per heavy atom. The molecule has 0 fully saturated rings. The number of hydrogen-bond acceptors (Lipinski definition) is 3. The number of halogens is 1. The van der Waals surface area contributed by atoms with Crippen LogP contribution in [0, 0.1) is 0 Å². The molecule has 0 aliphatic rings. The number of anilines is 2. The number of hydrogen-bond donors (Lipinski definition) is 1. The summed E-state index contributed by atoms with van der Waals surface area (Å²) >= 11 is 6.16. The molecule has 1 N–H and O–H groups in total. The SMILES string of the molecule is C/N=C(\c1ccc(Cl)cc1N(C=O)c1cccc(CO)c1)N(C)C. The molecule has 6 heteroatoms. The van der Waals surface area contributed by atoms with E-state index in [1.165, 1.54) is 4.90 Å². The van der Waals surface area contributed by atoms with Crippen molar-refractivity contribution >= 4 is 35.2 Å². The highest BCUT2D eigenvalue weighted by Crippen LogP contribution is 2.31. The zero-order valence-corrected chi connectivity index (χ0v) is 14.7. The van der Waals surface area contributed by atoms with Crippen LogP contribution < -0.4 is 4.90 Å². The molecular formula is C18H20ClN3O2. The van der Waals surface area contributed by atoms with Crippen molar-refractivity contribution in [1.82, 2.24) is 4.90 Å². The van der Waals surface area contributed by atoms with Gasteiger partial charge in [-0.05, 0) is 35.9 Å². The number of carbonyl (C=O) groups is 1. The molecule has 0 radical (unpaired) electrons. The first-order chi connectivity index (χ1) is 11.5. The molecule has 24 heavy (non-hydrogen) atoms. The Balaban J connectivity index is 2.63. The first-order valence-electron chi connectivity index (χ1n) is 7.40. The molecule has 5 nitrogen and oxygen atoms in total. The van der Waals surface area contributed by atoms with Gasteiger partial charge in [-0.25, -0.2) is 0 Å². The summed E-state index contributed by atoms with van der Waals surface area (Å²) in [5.74, 6) is 0.729. The highest BCUT2D eigenvalue weighted by molar-refractivity contribution is 6.31. The Kier molecular flexibility index (Phi) is 5.95. The van der Waals surface area contributed by atoms with Crippen LogP contribution in [0.5, 0.6) is 0 Å². The van der Waals surface area contributed by atoms with Crippen LogP contribution in [0.15, 0.2) is 47.5 Å². The molecule has 0 aliphatic carbocycles. The van der Waals surface area contributed by atoms with Crippen LogP contribution in [0.4, 0.5) is 11.4 Å². The van der Waals surface area contributed by atoms with Gasteiger partial charge in [-0.3, -0.25) is 14.7 Å². The quantitative estimate of drug-likeness (QED) is 0.515. The summed E-state index contributed by atoms with van der Waals surface area (Å²) in [7, 11) is 5.47. The van der Waals surface area contributed by atoms with Gasteiger partial charge in [0.05, 0.1) is 12.3 Å². The number of amidine groups is 1. The number of aliphatic imine (C=N–C) groups is 1. The van der Waals surface area contributed by atoms with Crippen molar-refractivity contribution in [2.45, 2.75) is 6.61 Å². The largest absolute Gasteiger partial charge is 0.392 e. The fraction of sp³-hybridized carbons (Fsp3) is 0.222. The predicted molar refractivity (Wildman–Crippen MR) is 98.2 cm³/mol. The van der Waals surface area contributed by atoms with Crippen molar-refractivity contribution in [3.63, 3.8) is 0 Å². The number of nitrogens with zero attached hydrogens (tertiary/aromatic N) is 3. The maximum atomic E-state index is 11.8. The van der Waals surface area contributed by atoms with E-state index in [1.54, 1.807) is 43.4 Å². The molecule has 0 saturated heterocycles. The number of benzene rings is 2. The minimum absolute atomic E-state index is 0.0949. The molecule has 126 valence electrons. The second-order valence-electron chi connectivity index (χ2n) is 5.41. The van der Waals surface area contributed by atoms with Crippen LogP contribution in [-0.4, -0.2) is 43.4 Å². The summed E-state index contributed by atoms with van der Waals surface area (Å²) in [6, 6.07) is 12.5. The fourth-order valence-corrected chi connectivity index (χ4v) is 2.68. The minimum atomic E-state index is -0.0949. The van der Waals surface area contributed by atoms with E-state index in [-0.39, 0.29) is 6.61 Å². The Bertz CT molecular complexity index is 760. The van der Waals surface area contributed by atoms with E-state index in [0.29, 0.717) is 16.4 Å². The third-order valence-corrected chi connectivity index (χ3v) is 3.81. The Morgan fingerprint density at radius 3 is 2.58 bits per heavy atom. The second kappa shape index (κ2) is 7.95. The van der Waals surface area contributed by atoms with Gasteiger partial charge in [0.15, 0.2) is 0 Å². The predicted octanol–water partition coefficient (Wildman–Crippen LogP) is 3.06. The van der Waals surface area contributed by atoms with Crippen molar-refractivity contribution in [2.75, 3.05) is 26.0 Å². The van der Waals surface area contributed by atoms with Gasteiger partial charge in [0.25, 0.3) is 0 Å². The lowest BCUT2D eigenvalue weighted by Gasteiger charge is -2.24. The highest BCUT2D eigenvalue weighted by atomic mass is 35.5. The van der Waals surface area contributed by atoms with E-state index in [0.717, 1.165) is 23.4 Å². The summed E-state index contributed by atoms with van der Waals surface area (Å²) in [6.07, 6.45) is 0.731. The molecular weight excluding hydrogens is 326 g/mol. The Morgan fingerprint density at radius 2 is 2.00 bits per heavy atom. The maximum Gasteiger partial charge on any atom is 0.218 e. The summed E-state index contributed by atoms with van der Waals surface area (Å²) in [6.45, 7) is -0.0949. The first kappa shape index (κ1) is 18.0. The normalized spacial score (nSPS) is 11.3. The number of carbonyl (C=O) groups excluding carboxylic acids is 1. The molecule has 0 heterocycles. The third kappa shape index (κ3) is 3.75. The van der Waals surface area contributed by atoms with Crippen molar-refractivity contribution in [2.24, 2.45) is 4.99 Å². The first-order valence-corrected chi connectivity index (χ1v) is 7.78. The van der Waals surface area contributed by atoms with Crippen LogP contribution >= 0.6 is 11.6 Å². The van der Waals surface area contributed by atoms with Crippen LogP contribution in [0.2, 0.25) is 5.02 Å². The van der Waals surface area contributed by atoms with E-state index in [4.69, 9.17) is 11.6 Å².